The minimum absolute atomic E-state index is 0. The molecule has 1 N–H and O–H groups in total. The summed E-state index contributed by atoms with van der Waals surface area (Å²) in [7, 11) is 2.40. The van der Waals surface area contributed by atoms with Crippen molar-refractivity contribution in [1.82, 2.24) is 5.32 Å². The summed E-state index contributed by atoms with van der Waals surface area (Å²) in [5, 5.41) is 3.17. The molecule has 0 aliphatic heterocycles. The molecule has 3 saturated carbocycles. The number of esters is 1. The highest BCUT2D eigenvalue weighted by Crippen LogP contribution is 2.67. The first-order valence-electron chi connectivity index (χ1n) is 23.5. The van der Waals surface area contributed by atoms with Gasteiger partial charge in [0.2, 0.25) is 5.91 Å². The van der Waals surface area contributed by atoms with Gasteiger partial charge in [0.15, 0.2) is 5.78 Å². The number of carbonyl (C=O) groups is 3. The summed E-state index contributed by atoms with van der Waals surface area (Å²) in [6, 6.07) is 0. The molecule has 0 radical (unpaired) electrons. The van der Waals surface area contributed by atoms with Gasteiger partial charge >= 0.3 is 5.97 Å². The van der Waals surface area contributed by atoms with E-state index in [1.165, 1.54) is 147 Å². The maximum absolute atomic E-state index is 13.1. The maximum atomic E-state index is 13.1. The van der Waals surface area contributed by atoms with E-state index in [-0.39, 0.29) is 54.1 Å². The topological polar surface area (TPSA) is 72.5 Å². The van der Waals surface area contributed by atoms with Crippen molar-refractivity contribution in [2.75, 3.05) is 33.2 Å². The monoisotopic (exact) mass is 789 g/mol. The summed E-state index contributed by atoms with van der Waals surface area (Å²) in [5.74, 6) is 2.49. The number of hydrogen-bond acceptors (Lipinski definition) is 4. The molecule has 0 spiro atoms. The van der Waals surface area contributed by atoms with Crippen LogP contribution in [0, 0.1) is 34.5 Å². The van der Waals surface area contributed by atoms with Crippen LogP contribution in [0.2, 0.25) is 0 Å². The molecule has 0 heterocycles. The molecule has 6 nitrogen and oxygen atoms in total. The number of rotatable bonds is 26. The van der Waals surface area contributed by atoms with Crippen molar-refractivity contribution in [2.24, 2.45) is 34.5 Å². The molecule has 4 rings (SSSR count). The van der Waals surface area contributed by atoms with Crippen molar-refractivity contribution < 1.29 is 36.0 Å². The molecule has 1 amide bonds. The predicted octanol–water partition coefficient (Wildman–Crippen LogP) is 8.69. The Bertz CT molecular complexity index is 1180. The molecule has 4 unspecified atom stereocenters. The molecule has 7 atom stereocenters. The number of ketones is 1. The third-order valence-corrected chi connectivity index (χ3v) is 15.6. The van der Waals surface area contributed by atoms with Crippen LogP contribution in [-0.4, -0.2) is 61.5 Å². The van der Waals surface area contributed by atoms with Gasteiger partial charge in [-0.1, -0.05) is 110 Å². The number of likely N-dealkylation sites (N-methyl/N-ethyl adjacent to an activating group) is 1. The van der Waals surface area contributed by atoms with Gasteiger partial charge in [0.05, 0.1) is 39.6 Å². The number of fused-ring (bicyclic) bond motifs is 5. The summed E-state index contributed by atoms with van der Waals surface area (Å²) >= 11 is 0. The summed E-state index contributed by atoms with van der Waals surface area (Å²) in [4.78, 5) is 38.3. The van der Waals surface area contributed by atoms with Crippen LogP contribution < -0.4 is 17.7 Å². The summed E-state index contributed by atoms with van der Waals surface area (Å²) < 4.78 is 7.16. The van der Waals surface area contributed by atoms with Crippen molar-refractivity contribution >= 4 is 17.7 Å². The summed E-state index contributed by atoms with van der Waals surface area (Å²) in [6.45, 7) is 15.6. The van der Waals surface area contributed by atoms with E-state index < -0.39 is 0 Å². The lowest BCUT2D eigenvalue weighted by Crippen LogP contribution is -3.00. The smallest absolute Gasteiger partial charge is 0.306 e. The van der Waals surface area contributed by atoms with Gasteiger partial charge in [0.25, 0.3) is 0 Å². The van der Waals surface area contributed by atoms with Gasteiger partial charge in [-0.15, -0.1) is 0 Å². The van der Waals surface area contributed by atoms with Crippen LogP contribution in [0.25, 0.3) is 0 Å². The average Bonchev–Trinajstić information content (AvgIpc) is 3.51. The van der Waals surface area contributed by atoms with Gasteiger partial charge < -0.3 is 26.9 Å². The Morgan fingerprint density at radius 2 is 1.35 bits per heavy atom. The molecule has 0 aromatic carbocycles. The Kier molecular flexibility index (Phi) is 20.8. The molecular formula is C48H85ClN2O4. The standard InChI is InChI=1S/C48H84N2O4.ClH/c1-7-9-11-13-15-17-19-21-34-50(6,35-22-20-18-16-14-12-10-8-2)36-33-49-45(52)27-28-46(53)54-38(3)42-25-26-43-41-24-23-39-37-40(51)29-31-47(39,4)44(41)30-32-48(42,43)5;/h37-38,41-44H,7-36H2,1-6H3;1H/t38?,41?,42-,43?,44?,47+,48-;/m1./s1. The van der Waals surface area contributed by atoms with Crippen LogP contribution in [-0.2, 0) is 19.1 Å². The SMILES string of the molecule is CCCCCCCCCC[N+](C)(CCCCCCCCCC)CCNC(=O)CCC(=O)OC(C)[C@H]1CCC2C3CCC4=CC(=O)CC[C@]4(C)C3CC[C@@]21C.[Cl-]. The van der Waals surface area contributed by atoms with E-state index >= 15 is 0 Å². The van der Waals surface area contributed by atoms with E-state index in [0.717, 1.165) is 30.3 Å². The molecule has 4 aliphatic carbocycles. The van der Waals surface area contributed by atoms with E-state index in [1.807, 2.05) is 6.08 Å². The molecule has 55 heavy (non-hydrogen) atoms. The zero-order valence-corrected chi connectivity index (χ0v) is 37.4. The number of nitrogens with one attached hydrogen (secondary N) is 1. The molecule has 0 bridgehead atoms. The number of quaternary nitrogens is 1. The number of hydrogen-bond donors (Lipinski definition) is 1. The number of unbranched alkanes of at least 4 members (excludes halogenated alkanes) is 14. The maximum Gasteiger partial charge on any atom is 0.306 e. The van der Waals surface area contributed by atoms with Crippen LogP contribution in [0.3, 0.4) is 0 Å². The minimum Gasteiger partial charge on any atom is -1.00 e. The van der Waals surface area contributed by atoms with Gasteiger partial charge in [-0.3, -0.25) is 14.4 Å². The Morgan fingerprint density at radius 3 is 1.95 bits per heavy atom. The molecule has 318 valence electrons. The van der Waals surface area contributed by atoms with Crippen molar-refractivity contribution in [2.45, 2.75) is 208 Å². The Labute approximate surface area is 344 Å². The van der Waals surface area contributed by atoms with Crippen molar-refractivity contribution in [1.29, 1.82) is 0 Å². The van der Waals surface area contributed by atoms with Crippen molar-refractivity contribution in [3.8, 4) is 0 Å². The van der Waals surface area contributed by atoms with Crippen LogP contribution in [0.4, 0.5) is 0 Å². The lowest BCUT2D eigenvalue weighted by atomic mass is 9.46. The van der Waals surface area contributed by atoms with Gasteiger partial charge in [-0.2, -0.15) is 0 Å². The quantitative estimate of drug-likeness (QED) is 0.0541. The van der Waals surface area contributed by atoms with Gasteiger partial charge in [0, 0.05) is 18.8 Å². The molecule has 0 aromatic heterocycles. The highest BCUT2D eigenvalue weighted by atomic mass is 35.5. The first-order valence-corrected chi connectivity index (χ1v) is 23.5. The van der Waals surface area contributed by atoms with E-state index in [4.69, 9.17) is 4.74 Å². The number of nitrogens with zero attached hydrogens (tertiary/aromatic N) is 1. The average molecular weight is 790 g/mol. The van der Waals surface area contributed by atoms with E-state index in [9.17, 15) is 14.4 Å². The van der Waals surface area contributed by atoms with Crippen LogP contribution in [0.5, 0.6) is 0 Å². The highest BCUT2D eigenvalue weighted by molar-refractivity contribution is 5.91. The third-order valence-electron chi connectivity index (χ3n) is 15.6. The molecule has 7 heteroatoms. The number of amides is 1. The normalized spacial score (nSPS) is 28.0. The zero-order chi connectivity index (χ0) is 39.0. The van der Waals surface area contributed by atoms with E-state index in [0.29, 0.717) is 42.4 Å². The van der Waals surface area contributed by atoms with E-state index in [1.54, 1.807) is 0 Å². The van der Waals surface area contributed by atoms with Crippen molar-refractivity contribution in [3.63, 3.8) is 0 Å². The lowest BCUT2D eigenvalue weighted by Gasteiger charge is -2.58. The molecular weight excluding hydrogens is 704 g/mol. The van der Waals surface area contributed by atoms with Crippen molar-refractivity contribution in [3.05, 3.63) is 11.6 Å². The molecule has 0 saturated heterocycles. The number of ether oxygens (including phenoxy) is 1. The first-order chi connectivity index (χ1) is 26.0. The molecule has 4 aliphatic rings. The van der Waals surface area contributed by atoms with Crippen LogP contribution in [0.1, 0.15) is 202 Å². The van der Waals surface area contributed by atoms with E-state index in [2.05, 4.69) is 47.0 Å². The highest BCUT2D eigenvalue weighted by Gasteiger charge is 2.60. The van der Waals surface area contributed by atoms with Crippen LogP contribution >= 0.6 is 0 Å². The molecule has 0 aromatic rings. The predicted molar refractivity (Wildman–Crippen MR) is 224 cm³/mol. The minimum atomic E-state index is -0.227. The van der Waals surface area contributed by atoms with Crippen LogP contribution in [0.15, 0.2) is 11.6 Å². The number of allylic oxidation sites excluding steroid dienone is 1. The second-order valence-electron chi connectivity index (χ2n) is 19.5. The summed E-state index contributed by atoms with van der Waals surface area (Å²) in [6.07, 6.45) is 32.4. The fourth-order valence-corrected chi connectivity index (χ4v) is 12.1. The zero-order valence-electron chi connectivity index (χ0n) is 36.6. The fraction of sp³-hybridized carbons (Fsp3) is 0.896. The van der Waals surface area contributed by atoms with Gasteiger partial charge in [-0.25, -0.2) is 0 Å². The lowest BCUT2D eigenvalue weighted by molar-refractivity contribution is -0.908. The van der Waals surface area contributed by atoms with Gasteiger partial charge in [-0.05, 0) is 112 Å². The Hall–Kier alpha value is -1.40. The molecule has 3 fully saturated rings. The first kappa shape index (κ1) is 48.0. The second kappa shape index (κ2) is 23.9. The van der Waals surface area contributed by atoms with Gasteiger partial charge in [0.1, 0.15) is 6.10 Å². The largest absolute Gasteiger partial charge is 1.00 e. The number of halogens is 1. The summed E-state index contributed by atoms with van der Waals surface area (Å²) in [5.41, 5.74) is 1.80. The number of carbonyl (C=O) groups excluding carboxylic acids is 3. The third kappa shape index (κ3) is 13.9. The second-order valence-corrected chi connectivity index (χ2v) is 19.5. The fourth-order valence-electron chi connectivity index (χ4n) is 12.1. The Balaban J connectivity index is 0.00000812. The Morgan fingerprint density at radius 1 is 0.764 bits per heavy atom.